The molecule has 0 radical (unpaired) electrons. The molecule has 1 aliphatic rings. The van der Waals surface area contributed by atoms with Crippen molar-refractivity contribution in [2.75, 3.05) is 6.54 Å². The highest BCUT2D eigenvalue weighted by atomic mass is 35.5. The third kappa shape index (κ3) is 4.21. The molecule has 5 nitrogen and oxygen atoms in total. The Morgan fingerprint density at radius 1 is 1.17 bits per heavy atom. The first-order chi connectivity index (χ1) is 14.4. The van der Waals surface area contributed by atoms with Crippen LogP contribution in [0.5, 0.6) is 5.75 Å². The fraction of sp³-hybridized carbons (Fsp3) is 0.333. The maximum atomic E-state index is 13.1. The van der Waals surface area contributed by atoms with Crippen molar-refractivity contribution in [3.8, 4) is 17.0 Å². The summed E-state index contributed by atoms with van der Waals surface area (Å²) < 4.78 is 5.93. The number of fused-ring (bicyclic) bond motifs is 1. The van der Waals surface area contributed by atoms with E-state index in [1.54, 1.807) is 0 Å². The lowest BCUT2D eigenvalue weighted by molar-refractivity contribution is -0.138. The molecule has 1 aliphatic heterocycles. The smallest absolute Gasteiger partial charge is 0.263 e. The molecule has 0 aliphatic carbocycles. The van der Waals surface area contributed by atoms with Crippen molar-refractivity contribution < 1.29 is 9.53 Å². The van der Waals surface area contributed by atoms with E-state index in [9.17, 15) is 4.79 Å². The van der Waals surface area contributed by atoms with Gasteiger partial charge in [0.1, 0.15) is 5.75 Å². The quantitative estimate of drug-likeness (QED) is 0.613. The Morgan fingerprint density at radius 3 is 2.63 bits per heavy atom. The minimum atomic E-state index is -0.557. The molecule has 0 saturated heterocycles. The first-order valence-electron chi connectivity index (χ1n) is 10.3. The number of aromatic amines is 1. The normalized spacial score (nSPS) is 14.5. The van der Waals surface area contributed by atoms with Crippen molar-refractivity contribution in [3.63, 3.8) is 0 Å². The van der Waals surface area contributed by atoms with E-state index < -0.39 is 6.10 Å². The number of halogens is 1. The number of aromatic nitrogens is 2. The van der Waals surface area contributed by atoms with Crippen LogP contribution in [0.1, 0.15) is 43.5 Å². The molecular weight excluding hydrogens is 398 g/mol. The van der Waals surface area contributed by atoms with Gasteiger partial charge in [-0.3, -0.25) is 9.89 Å². The predicted octanol–water partition coefficient (Wildman–Crippen LogP) is 5.21. The van der Waals surface area contributed by atoms with Gasteiger partial charge in [-0.2, -0.15) is 5.10 Å². The fourth-order valence-corrected chi connectivity index (χ4v) is 3.99. The van der Waals surface area contributed by atoms with E-state index in [2.05, 4.69) is 24.0 Å². The average Bonchev–Trinajstić information content (AvgIpc) is 3.17. The predicted molar refractivity (Wildman–Crippen MR) is 119 cm³/mol. The monoisotopic (exact) mass is 423 g/mol. The van der Waals surface area contributed by atoms with E-state index in [1.165, 1.54) is 5.56 Å². The lowest BCUT2D eigenvalue weighted by Crippen LogP contribution is -2.43. The summed E-state index contributed by atoms with van der Waals surface area (Å²) in [5, 5.41) is 8.28. The molecule has 0 saturated carbocycles. The zero-order chi connectivity index (χ0) is 21.3. The number of H-pyrrole nitrogens is 1. The largest absolute Gasteiger partial charge is 0.481 e. The number of hydrogen-bond donors (Lipinski definition) is 1. The Labute approximate surface area is 182 Å². The van der Waals surface area contributed by atoms with Crippen LogP contribution in [-0.4, -0.2) is 33.7 Å². The third-order valence-electron chi connectivity index (χ3n) is 5.55. The summed E-state index contributed by atoms with van der Waals surface area (Å²) in [6.45, 7) is 7.26. The molecule has 30 heavy (non-hydrogen) atoms. The van der Waals surface area contributed by atoms with Crippen LogP contribution >= 0.6 is 11.6 Å². The summed E-state index contributed by atoms with van der Waals surface area (Å²) in [5.41, 5.74) is 5.17. The lowest BCUT2D eigenvalue weighted by Gasteiger charge is -2.29. The van der Waals surface area contributed by atoms with Gasteiger partial charge in [-0.15, -0.1) is 0 Å². The van der Waals surface area contributed by atoms with Crippen molar-refractivity contribution in [2.45, 2.75) is 45.8 Å². The van der Waals surface area contributed by atoms with Gasteiger partial charge < -0.3 is 9.64 Å². The van der Waals surface area contributed by atoms with E-state index in [0.29, 0.717) is 29.8 Å². The minimum absolute atomic E-state index is 0.0215. The zero-order valence-electron chi connectivity index (χ0n) is 17.5. The Hall–Kier alpha value is -2.79. The molecule has 0 fully saturated rings. The van der Waals surface area contributed by atoms with Gasteiger partial charge in [0.15, 0.2) is 6.10 Å². The second-order valence-electron chi connectivity index (χ2n) is 8.03. The Morgan fingerprint density at radius 2 is 1.93 bits per heavy atom. The minimum Gasteiger partial charge on any atom is -0.481 e. The summed E-state index contributed by atoms with van der Waals surface area (Å²) in [4.78, 5) is 14.9. The number of hydrogen-bond acceptors (Lipinski definition) is 3. The highest BCUT2D eigenvalue weighted by molar-refractivity contribution is 6.30. The third-order valence-corrected chi connectivity index (χ3v) is 5.79. The molecule has 2 heterocycles. The zero-order valence-corrected chi connectivity index (χ0v) is 18.2. The van der Waals surface area contributed by atoms with E-state index in [4.69, 9.17) is 16.3 Å². The highest BCUT2D eigenvalue weighted by Crippen LogP contribution is 2.30. The first kappa shape index (κ1) is 20.5. The number of amides is 1. The number of carbonyl (C=O) groups is 1. The van der Waals surface area contributed by atoms with Crippen LogP contribution in [0.4, 0.5) is 0 Å². The number of nitrogens with zero attached hydrogens (tertiary/aromatic N) is 2. The molecule has 0 spiro atoms. The maximum absolute atomic E-state index is 13.1. The van der Waals surface area contributed by atoms with E-state index in [1.807, 2.05) is 60.4 Å². The van der Waals surface area contributed by atoms with E-state index in [0.717, 1.165) is 28.9 Å². The average molecular weight is 424 g/mol. The number of nitrogens with one attached hydrogen (secondary N) is 1. The highest BCUT2D eigenvalue weighted by Gasteiger charge is 2.29. The van der Waals surface area contributed by atoms with Gasteiger partial charge in [-0.1, -0.05) is 49.7 Å². The summed E-state index contributed by atoms with van der Waals surface area (Å²) in [7, 11) is 0. The topological polar surface area (TPSA) is 58.2 Å². The molecule has 0 bridgehead atoms. The van der Waals surface area contributed by atoms with Crippen LogP contribution < -0.4 is 4.74 Å². The maximum Gasteiger partial charge on any atom is 0.263 e. The molecule has 1 aromatic heterocycles. The van der Waals surface area contributed by atoms with Crippen molar-refractivity contribution >= 4 is 17.5 Å². The standard InChI is InChI=1S/C24H26ClN3O2/c1-15(2)17-7-9-20(10-8-17)30-16(3)24(29)28-12-11-22-21(14-28)23(27-26-22)18-5-4-6-19(25)13-18/h4-10,13,15-16H,11-12,14H2,1-3H3,(H,26,27). The van der Waals surface area contributed by atoms with Crippen molar-refractivity contribution in [2.24, 2.45) is 0 Å². The van der Waals surface area contributed by atoms with Crippen LogP contribution in [0.25, 0.3) is 11.3 Å². The summed E-state index contributed by atoms with van der Waals surface area (Å²) in [6.07, 6.45) is 0.183. The van der Waals surface area contributed by atoms with Crippen molar-refractivity contribution in [3.05, 3.63) is 70.4 Å². The summed E-state index contributed by atoms with van der Waals surface area (Å²) in [6, 6.07) is 15.6. The SMILES string of the molecule is CC(Oc1ccc(C(C)C)cc1)C(=O)N1CCc2[nH]nc(-c3cccc(Cl)c3)c2C1. The van der Waals surface area contributed by atoms with Crippen molar-refractivity contribution in [1.29, 1.82) is 0 Å². The summed E-state index contributed by atoms with van der Waals surface area (Å²) in [5.74, 6) is 1.15. The summed E-state index contributed by atoms with van der Waals surface area (Å²) >= 11 is 6.15. The molecule has 4 rings (SSSR count). The van der Waals surface area contributed by atoms with Crippen LogP contribution in [0.15, 0.2) is 48.5 Å². The molecule has 1 N–H and O–H groups in total. The van der Waals surface area contributed by atoms with Gasteiger partial charge in [-0.25, -0.2) is 0 Å². The lowest BCUT2D eigenvalue weighted by atomic mass is 10.0. The second-order valence-corrected chi connectivity index (χ2v) is 8.47. The number of rotatable bonds is 5. The van der Waals surface area contributed by atoms with E-state index >= 15 is 0 Å². The first-order valence-corrected chi connectivity index (χ1v) is 10.7. The Kier molecular flexibility index (Phi) is 5.82. The van der Waals surface area contributed by atoms with Gasteiger partial charge in [0.25, 0.3) is 5.91 Å². The molecule has 1 amide bonds. The Balaban J connectivity index is 1.47. The molecule has 1 atom stereocenters. The Bertz CT molecular complexity index is 1040. The molecule has 156 valence electrons. The number of ether oxygens (including phenoxy) is 1. The van der Waals surface area contributed by atoms with Crippen LogP contribution in [0.3, 0.4) is 0 Å². The molecule has 6 heteroatoms. The molecule has 1 unspecified atom stereocenters. The van der Waals surface area contributed by atoms with Crippen LogP contribution in [0.2, 0.25) is 5.02 Å². The molecule has 2 aromatic carbocycles. The van der Waals surface area contributed by atoms with Gasteiger partial charge in [-0.05, 0) is 42.7 Å². The van der Waals surface area contributed by atoms with Crippen molar-refractivity contribution in [1.82, 2.24) is 15.1 Å². The van der Waals surface area contributed by atoms with Gasteiger partial charge >= 0.3 is 0 Å². The van der Waals surface area contributed by atoms with Gasteiger partial charge in [0.05, 0.1) is 5.69 Å². The van der Waals surface area contributed by atoms with Gasteiger partial charge in [0.2, 0.25) is 0 Å². The molecular formula is C24H26ClN3O2. The second kappa shape index (κ2) is 8.52. The molecule has 3 aromatic rings. The number of carbonyl (C=O) groups excluding carboxylic acids is 1. The van der Waals surface area contributed by atoms with E-state index in [-0.39, 0.29) is 5.91 Å². The fourth-order valence-electron chi connectivity index (χ4n) is 3.80. The van der Waals surface area contributed by atoms with Gasteiger partial charge in [0, 0.05) is 41.4 Å². The number of benzene rings is 2. The van der Waals surface area contributed by atoms with Crippen LogP contribution in [-0.2, 0) is 17.8 Å². The van der Waals surface area contributed by atoms with Crippen LogP contribution in [0, 0.1) is 0 Å².